The summed E-state index contributed by atoms with van der Waals surface area (Å²) in [5.74, 6) is -2.52. The number of ether oxygens (including phenoxy) is 5. The summed E-state index contributed by atoms with van der Waals surface area (Å²) in [6.45, 7) is 30.3. The van der Waals surface area contributed by atoms with Crippen molar-refractivity contribution in [1.82, 2.24) is 68.5 Å². The number of methoxy groups -OCH3 is 2. The highest BCUT2D eigenvalue weighted by Gasteiger charge is 2.31. The molecule has 5 aromatic heterocycles. The van der Waals surface area contributed by atoms with Gasteiger partial charge in [-0.2, -0.15) is 0 Å². The highest BCUT2D eigenvalue weighted by atomic mass is 79.9. The maximum atomic E-state index is 12.6. The van der Waals surface area contributed by atoms with Crippen LogP contribution < -0.4 is 66.3 Å². The van der Waals surface area contributed by atoms with Gasteiger partial charge in [0.25, 0.3) is 22.2 Å². The van der Waals surface area contributed by atoms with Gasteiger partial charge < -0.3 is 84.6 Å². The molecule has 8 aliphatic heterocycles. The van der Waals surface area contributed by atoms with E-state index in [0.717, 1.165) is 181 Å². The second-order valence-corrected chi connectivity index (χ2v) is 40.1. The number of alkyl halides is 9. The quantitative estimate of drug-likeness (QED) is 0.0116. The minimum Gasteiger partial charge on any atom is -0.477 e. The first-order valence-electron chi connectivity index (χ1n) is 50.4. The number of carboxylic acid groups (broad SMARTS) is 1. The molecule has 8 fully saturated rings. The number of alkyl carbamates (subject to hydrolysis) is 2. The lowest BCUT2D eigenvalue weighted by atomic mass is 10.1. The summed E-state index contributed by atoms with van der Waals surface area (Å²) in [4.78, 5) is 142. The maximum Gasteiger partial charge on any atom is 0.412 e. The van der Waals surface area contributed by atoms with Gasteiger partial charge in [0.05, 0.1) is 32.8 Å². The predicted octanol–water partition coefficient (Wildman–Crippen LogP) is 12.8. The number of nitrogens with zero attached hydrogens (tertiary/aromatic N) is 11. The lowest BCUT2D eigenvalue weighted by molar-refractivity contribution is 0.0465. The summed E-state index contributed by atoms with van der Waals surface area (Å²) in [6, 6.07) is 16.3. The molecule has 47 heteroatoms. The molecule has 11 N–H and O–H groups in total. The number of likely N-dealkylation sites (tertiary alicyclic amines) is 7. The molecular weight excluding hydrogens is 2060 g/mol. The molecule has 844 valence electrons. The van der Waals surface area contributed by atoms with Crippen molar-refractivity contribution in [2.45, 2.75) is 230 Å². The minimum absolute atomic E-state index is 0. The predicted molar refractivity (Wildman–Crippen MR) is 568 cm³/mol. The number of nitrogen functional groups attached to an aromatic ring is 1. The van der Waals surface area contributed by atoms with Gasteiger partial charge in [-0.1, -0.05) is 15.9 Å². The molecule has 36 nitrogen and oxygen atoms in total. The van der Waals surface area contributed by atoms with Gasteiger partial charge in [0.2, 0.25) is 0 Å². The number of esters is 2. The van der Waals surface area contributed by atoms with E-state index in [-0.39, 0.29) is 177 Å². The number of hydrogen-bond donors (Lipinski definition) is 8. The average Bonchev–Trinajstić information content (AvgIpc) is 0.811. The van der Waals surface area contributed by atoms with Crippen LogP contribution in [0.3, 0.4) is 0 Å². The van der Waals surface area contributed by atoms with Gasteiger partial charge >= 0.3 is 41.8 Å². The van der Waals surface area contributed by atoms with E-state index in [2.05, 4.69) is 65.8 Å². The van der Waals surface area contributed by atoms with Crippen LogP contribution in [0.4, 0.5) is 60.9 Å². The molecule has 5 aromatic rings. The molecular formula is C101H165BrCl2F8N18O18. The van der Waals surface area contributed by atoms with Crippen molar-refractivity contribution in [3.63, 3.8) is 0 Å². The first-order chi connectivity index (χ1) is 69.5. The van der Waals surface area contributed by atoms with Gasteiger partial charge in [0.15, 0.2) is 0 Å². The fraction of sp³-hybridized carbons (Fsp3) is 0.693. The van der Waals surface area contributed by atoms with Gasteiger partial charge in [0.1, 0.15) is 85.9 Å². The molecule has 0 radical (unpaired) electrons. The molecule has 0 unspecified atom stereocenters. The number of carboxylic acids is 1. The Bertz CT molecular complexity index is 4870. The van der Waals surface area contributed by atoms with E-state index in [1.54, 1.807) is 95.7 Å². The highest BCUT2D eigenvalue weighted by Crippen LogP contribution is 2.26. The first kappa shape index (κ1) is 135. The third-order valence-corrected chi connectivity index (χ3v) is 24.3. The molecule has 8 saturated heterocycles. The SMILES string of the molecule is CC(C)(C)OC(=O)N[C@@H]1CCCN(CCF)C1.CC(C)(C)OC(=O)N[C@@H]1CCCNC1.CC(C)(C)OC(=O)Nc1cccn([C@@H]2CCCN(CCF)C2)c1=O.COC(=O)c1cccn([C@@H]2CCCN(CCF)C2)c1=O.COC(=O)c1cccoc1=O.Cl.Cl.FCCBr.N[C@@H]1CCCN(CCF)C1.N[C@@H]1CCCN(CCF)C1.Nc1cccn([C@@H]2CCCN(CCF)C2)c1=O.O=C(O)c1cccn([C@@H]2CCCN(CCF)C2)c1=O. The largest absolute Gasteiger partial charge is 0.477 e. The minimum atomic E-state index is -1.21. The molecule has 148 heavy (non-hydrogen) atoms. The Morgan fingerprint density at radius 2 is 0.730 bits per heavy atom. The van der Waals surface area contributed by atoms with Crippen molar-refractivity contribution in [3.8, 4) is 0 Å². The van der Waals surface area contributed by atoms with E-state index in [1.807, 2.05) is 61.1 Å². The molecule has 8 aliphatic rings. The Morgan fingerprint density at radius 3 is 1.09 bits per heavy atom. The molecule has 0 aliphatic carbocycles. The van der Waals surface area contributed by atoms with Crippen molar-refractivity contribution in [3.05, 3.63) is 160 Å². The normalized spacial score (nSPS) is 20.4. The molecule has 3 amide bonds. The van der Waals surface area contributed by atoms with Gasteiger partial charge in [-0.3, -0.25) is 63.2 Å². The van der Waals surface area contributed by atoms with Crippen LogP contribution >= 0.6 is 40.7 Å². The molecule has 0 saturated carbocycles. The summed E-state index contributed by atoms with van der Waals surface area (Å²) >= 11 is 2.87. The number of piperidine rings is 8. The van der Waals surface area contributed by atoms with E-state index in [4.69, 9.17) is 36.5 Å². The lowest BCUT2D eigenvalue weighted by Crippen LogP contribution is -2.49. The number of nitrogens with two attached hydrogens (primary N) is 3. The summed E-state index contributed by atoms with van der Waals surface area (Å²) in [5, 5.41) is 20.9. The van der Waals surface area contributed by atoms with Crippen molar-refractivity contribution < 1.29 is 97.1 Å². The summed E-state index contributed by atoms with van der Waals surface area (Å²) in [5.41, 5.74) is 13.8. The fourth-order valence-electron chi connectivity index (χ4n) is 17.3. The summed E-state index contributed by atoms with van der Waals surface area (Å²) in [7, 11) is 2.46. The number of hydrogen-bond acceptors (Lipinski definition) is 28. The van der Waals surface area contributed by atoms with E-state index in [1.165, 1.54) is 49.3 Å². The number of aromatic carboxylic acids is 1. The standard InChI is InChI=1S/C17H26FN3O3.C14H19FN2O3.C13H17FN2O3.C12H18FN3O.C12H23FN2O2.C10H20N2O2.2C7H15FN2.C7H6O4.C2H4BrF.2ClH/c1-17(2,3)24-16(23)19-14-7-5-10-21(15(14)22)13-6-4-9-20(12-13)11-8-18;1-20-14(19)12-5-3-8-17(13(12)18)11-4-2-7-16(10-11)9-6-15;14-5-8-15-6-1-3-10(9-15)16-7-2-4-11(12(16)17)13(18)19;13-5-8-15-6-1-3-10(9-15)16-7-2-4-11(14)12(16)17;1-12(2,3)17-11(16)14-10-5-4-7-15(9-10)8-6-13;1-10(2,3)14-9(13)12-8-5-4-6-11-7-8;2*8-3-5-10-4-1-2-7(9)6-10;1-10-6(8)5-3-2-4-11-7(5)9;3-1-2-4;;/h5,7,10,13H,4,6,8-9,11-12H2,1-3H3,(H,19,23);3,5,8,11H,2,4,6-7,9-10H2,1H3;2,4,7,10H,1,3,5-6,8-9H2,(H,18,19);2,4,7,10H,1,3,5-6,8-9,14H2;10H,4-9H2,1-3H3,(H,14,16);8,11H,4-7H2,1-3H3,(H,12,13);2*7H,1-6,9H2;2-4H,1H3;1-2H2;2*1H/t13-;11-;3*10-;8-;2*7-;;;;/m11111111..../s1. The fourth-order valence-corrected chi connectivity index (χ4v) is 17.3. The van der Waals surface area contributed by atoms with Gasteiger partial charge in [0, 0.05) is 177 Å². The molecule has 0 bridgehead atoms. The number of aromatic nitrogens is 4. The van der Waals surface area contributed by atoms with E-state index in [9.17, 15) is 87.9 Å². The number of amides is 3. The molecule has 0 spiro atoms. The summed E-state index contributed by atoms with van der Waals surface area (Å²) in [6.07, 6.45) is 22.3. The number of pyridine rings is 4. The van der Waals surface area contributed by atoms with Crippen LogP contribution in [0.15, 0.2) is 120 Å². The smallest absolute Gasteiger partial charge is 0.412 e. The number of nitrogens with one attached hydrogen (secondary N) is 4. The average molecular weight is 2220 g/mol. The Morgan fingerprint density at radius 1 is 0.412 bits per heavy atom. The van der Waals surface area contributed by atoms with Gasteiger partial charge in [-0.25, -0.2) is 64.3 Å². The molecule has 13 heterocycles. The Kier molecular flexibility index (Phi) is 67.4. The molecule has 13 rings (SSSR count). The number of rotatable bonds is 25. The van der Waals surface area contributed by atoms with Crippen LogP contribution in [-0.4, -0.2) is 358 Å². The van der Waals surface area contributed by atoms with Crippen molar-refractivity contribution in [2.75, 3.05) is 235 Å². The molecule has 8 atom stereocenters. The van der Waals surface area contributed by atoms with Gasteiger partial charge in [-0.15, -0.1) is 24.8 Å². The second-order valence-electron chi connectivity index (χ2n) is 39.3. The van der Waals surface area contributed by atoms with Gasteiger partial charge in [-0.05, 0) is 278 Å². The third kappa shape index (κ3) is 53.7. The third-order valence-electron chi connectivity index (χ3n) is 24.0. The highest BCUT2D eigenvalue weighted by molar-refractivity contribution is 9.09. The zero-order chi connectivity index (χ0) is 108. The van der Waals surface area contributed by atoms with Crippen LogP contribution in [0.1, 0.15) is 220 Å². The number of carbonyl (C=O) groups excluding carboxylic acids is 5. The van der Waals surface area contributed by atoms with Crippen molar-refractivity contribution >= 4 is 88.3 Å². The van der Waals surface area contributed by atoms with E-state index < -0.39 is 58.7 Å². The number of halogens is 11. The van der Waals surface area contributed by atoms with E-state index >= 15 is 0 Å². The van der Waals surface area contributed by atoms with Crippen LogP contribution in [0.25, 0.3) is 0 Å². The zero-order valence-corrected chi connectivity index (χ0v) is 91.2. The molecule has 0 aromatic carbocycles. The topological polar surface area (TPSA) is 436 Å². The number of carbonyl (C=O) groups is 6. The van der Waals surface area contributed by atoms with Crippen LogP contribution in [-0.2, 0) is 23.7 Å². The second kappa shape index (κ2) is 74.0. The Balaban J connectivity index is 0.000000565. The van der Waals surface area contributed by atoms with Crippen LogP contribution in [0, 0.1) is 0 Å². The van der Waals surface area contributed by atoms with Crippen LogP contribution in [0.5, 0.6) is 0 Å². The number of anilines is 2. The van der Waals surface area contributed by atoms with Crippen LogP contribution in [0.2, 0.25) is 0 Å². The maximum absolute atomic E-state index is 12.6. The first-order valence-corrected chi connectivity index (χ1v) is 51.5. The Labute approximate surface area is 885 Å². The summed E-state index contributed by atoms with van der Waals surface area (Å²) < 4.78 is 131. The van der Waals surface area contributed by atoms with Crippen molar-refractivity contribution in [1.29, 1.82) is 0 Å². The Hall–Kier alpha value is -9.13. The zero-order valence-electron chi connectivity index (χ0n) is 88.0. The lowest BCUT2D eigenvalue weighted by Gasteiger charge is -2.33. The monoisotopic (exact) mass is 2220 g/mol. The van der Waals surface area contributed by atoms with E-state index in [0.29, 0.717) is 77.3 Å². The van der Waals surface area contributed by atoms with Crippen molar-refractivity contribution in [2.24, 2.45) is 11.5 Å².